The van der Waals surface area contributed by atoms with Crippen LogP contribution in [0, 0.1) is 0 Å². The highest BCUT2D eigenvalue weighted by molar-refractivity contribution is 5.94. The number of ether oxygens (including phenoxy) is 1. The molecule has 0 unspecified atom stereocenters. The first-order valence-corrected chi connectivity index (χ1v) is 11.9. The molecule has 180 valence electrons. The van der Waals surface area contributed by atoms with Gasteiger partial charge in [-0.1, -0.05) is 0 Å². The summed E-state index contributed by atoms with van der Waals surface area (Å²) in [5.74, 6) is 0.937. The quantitative estimate of drug-likeness (QED) is 0.541. The molecule has 1 aliphatic heterocycles. The largest absolute Gasteiger partial charge is 0.492 e. The smallest absolute Gasteiger partial charge is 0.253 e. The fourth-order valence-electron chi connectivity index (χ4n) is 5.13. The molecule has 2 fully saturated rings. The van der Waals surface area contributed by atoms with E-state index in [0.717, 1.165) is 25.4 Å². The molecule has 1 aliphatic carbocycles. The zero-order valence-electron chi connectivity index (χ0n) is 19.4. The maximum atomic E-state index is 13.1. The van der Waals surface area contributed by atoms with E-state index in [1.807, 2.05) is 16.7 Å². The third-order valence-electron chi connectivity index (χ3n) is 7.09. The van der Waals surface area contributed by atoms with Crippen LogP contribution < -0.4 is 10.5 Å². The number of nitrogens with zero attached hydrogens (tertiary/aromatic N) is 6. The number of benzene rings is 1. The van der Waals surface area contributed by atoms with Crippen LogP contribution in [0.1, 0.15) is 42.1 Å². The Hall–Kier alpha value is -3.24. The second-order valence-electron chi connectivity index (χ2n) is 9.12. The number of nitrogens with two attached hydrogens (primary N) is 1. The molecular formula is C24H31N7O3. The highest BCUT2D eigenvalue weighted by Crippen LogP contribution is 2.35. The summed E-state index contributed by atoms with van der Waals surface area (Å²) in [6, 6.07) is 6.68. The molecule has 1 saturated carbocycles. The van der Waals surface area contributed by atoms with Crippen molar-refractivity contribution in [3.63, 3.8) is 0 Å². The highest BCUT2D eigenvalue weighted by atomic mass is 16.5. The lowest BCUT2D eigenvalue weighted by atomic mass is 10.1. The zero-order chi connectivity index (χ0) is 23.7. The normalized spacial score (nSPS) is 22.9. The molecule has 3 atom stereocenters. The summed E-state index contributed by atoms with van der Waals surface area (Å²) in [6.45, 7) is 3.86. The van der Waals surface area contributed by atoms with Gasteiger partial charge in [0.2, 0.25) is 0 Å². The minimum absolute atomic E-state index is 0.129. The number of aromatic nitrogens is 4. The molecular weight excluding hydrogens is 434 g/mol. The maximum absolute atomic E-state index is 13.1. The van der Waals surface area contributed by atoms with Crippen LogP contribution >= 0.6 is 0 Å². The molecule has 1 saturated heterocycles. The van der Waals surface area contributed by atoms with E-state index >= 15 is 0 Å². The van der Waals surface area contributed by atoms with E-state index in [2.05, 4.69) is 19.9 Å². The number of aliphatic hydroxyl groups excluding tert-OH is 1. The van der Waals surface area contributed by atoms with E-state index in [1.54, 1.807) is 30.4 Å². The summed E-state index contributed by atoms with van der Waals surface area (Å²) in [5, 5.41) is 11.1. The number of fused-ring (bicyclic) bond motifs is 1. The van der Waals surface area contributed by atoms with E-state index < -0.39 is 6.10 Å². The van der Waals surface area contributed by atoms with Crippen molar-refractivity contribution in [2.24, 2.45) is 0 Å². The predicted octanol–water partition coefficient (Wildman–Crippen LogP) is 1.72. The Morgan fingerprint density at radius 2 is 1.94 bits per heavy atom. The van der Waals surface area contributed by atoms with E-state index in [4.69, 9.17) is 10.5 Å². The average molecular weight is 466 g/mol. The SMILES string of the molecule is CN(C(=O)c1ccc(OCCN2CCCC2)cc1)[C@H]1CC[C@H](n2cnc3c(N)ncnc32)[C@H]1O. The molecule has 2 aromatic heterocycles. The van der Waals surface area contributed by atoms with E-state index in [-0.39, 0.29) is 18.0 Å². The lowest BCUT2D eigenvalue weighted by molar-refractivity contribution is 0.0447. The molecule has 1 amide bonds. The minimum Gasteiger partial charge on any atom is -0.492 e. The summed E-state index contributed by atoms with van der Waals surface area (Å²) in [7, 11) is 1.74. The molecule has 3 aromatic rings. The predicted molar refractivity (Wildman–Crippen MR) is 128 cm³/mol. The molecule has 0 radical (unpaired) electrons. The van der Waals surface area contributed by atoms with Crippen molar-refractivity contribution in [2.45, 2.75) is 43.9 Å². The van der Waals surface area contributed by atoms with E-state index in [0.29, 0.717) is 42.0 Å². The van der Waals surface area contributed by atoms with Crippen LogP contribution in [-0.2, 0) is 0 Å². The van der Waals surface area contributed by atoms with Crippen molar-refractivity contribution in [3.8, 4) is 5.75 Å². The lowest BCUT2D eigenvalue weighted by Gasteiger charge is -2.29. The molecule has 3 heterocycles. The number of hydrogen-bond acceptors (Lipinski definition) is 8. The number of carbonyl (C=O) groups is 1. The Morgan fingerprint density at radius 1 is 1.18 bits per heavy atom. The summed E-state index contributed by atoms with van der Waals surface area (Å²) < 4.78 is 7.68. The molecule has 10 heteroatoms. The van der Waals surface area contributed by atoms with Crippen LogP contribution in [0.3, 0.4) is 0 Å². The summed E-state index contributed by atoms with van der Waals surface area (Å²) in [5.41, 5.74) is 7.57. The van der Waals surface area contributed by atoms with Crippen molar-refractivity contribution in [1.29, 1.82) is 0 Å². The number of imidazole rings is 1. The molecule has 3 N–H and O–H groups in total. The summed E-state index contributed by atoms with van der Waals surface area (Å²) >= 11 is 0. The van der Waals surface area contributed by atoms with Crippen molar-refractivity contribution in [2.75, 3.05) is 39.0 Å². The van der Waals surface area contributed by atoms with Crippen molar-refractivity contribution >= 4 is 22.9 Å². The van der Waals surface area contributed by atoms with Gasteiger partial charge in [-0.3, -0.25) is 9.69 Å². The van der Waals surface area contributed by atoms with Gasteiger partial charge in [-0.15, -0.1) is 0 Å². The Labute approximate surface area is 198 Å². The number of likely N-dealkylation sites (N-methyl/N-ethyl adjacent to an activating group) is 1. The van der Waals surface area contributed by atoms with Crippen LogP contribution in [0.5, 0.6) is 5.75 Å². The number of amides is 1. The number of hydrogen-bond donors (Lipinski definition) is 2. The number of carbonyl (C=O) groups excluding carboxylic acids is 1. The second-order valence-corrected chi connectivity index (χ2v) is 9.12. The summed E-state index contributed by atoms with van der Waals surface area (Å²) in [6.07, 6.45) is 6.18. The maximum Gasteiger partial charge on any atom is 0.253 e. The van der Waals surface area contributed by atoms with Crippen molar-refractivity contribution < 1.29 is 14.6 Å². The van der Waals surface area contributed by atoms with Crippen molar-refractivity contribution in [1.82, 2.24) is 29.3 Å². The molecule has 0 bridgehead atoms. The van der Waals surface area contributed by atoms with Crippen LogP contribution in [0.2, 0.25) is 0 Å². The number of anilines is 1. The molecule has 5 rings (SSSR count). The molecule has 10 nitrogen and oxygen atoms in total. The average Bonchev–Trinajstić information content (AvgIpc) is 3.59. The van der Waals surface area contributed by atoms with Gasteiger partial charge < -0.3 is 25.0 Å². The molecule has 34 heavy (non-hydrogen) atoms. The molecule has 2 aliphatic rings. The Kier molecular flexibility index (Phi) is 6.34. The number of aliphatic hydroxyl groups is 1. The molecule has 1 aromatic carbocycles. The topological polar surface area (TPSA) is 123 Å². The number of nitrogen functional groups attached to an aromatic ring is 1. The van der Waals surface area contributed by atoms with Gasteiger partial charge in [0, 0.05) is 19.2 Å². The van der Waals surface area contributed by atoms with Gasteiger partial charge in [0.25, 0.3) is 5.91 Å². The number of likely N-dealkylation sites (tertiary alicyclic amines) is 1. The Balaban J connectivity index is 1.21. The highest BCUT2D eigenvalue weighted by Gasteiger charge is 2.40. The Bertz CT molecular complexity index is 1140. The van der Waals surface area contributed by atoms with Crippen LogP contribution in [0.25, 0.3) is 11.2 Å². The van der Waals surface area contributed by atoms with E-state index in [9.17, 15) is 9.90 Å². The Morgan fingerprint density at radius 3 is 2.71 bits per heavy atom. The minimum atomic E-state index is -0.754. The van der Waals surface area contributed by atoms with Gasteiger partial charge in [-0.2, -0.15) is 0 Å². The third kappa shape index (κ3) is 4.30. The fraction of sp³-hybridized carbons (Fsp3) is 0.500. The summed E-state index contributed by atoms with van der Waals surface area (Å²) in [4.78, 5) is 29.7. The third-order valence-corrected chi connectivity index (χ3v) is 7.09. The first-order chi connectivity index (χ1) is 16.5. The van der Waals surface area contributed by atoms with E-state index in [1.165, 1.54) is 19.2 Å². The monoisotopic (exact) mass is 465 g/mol. The van der Waals surface area contributed by atoms with Crippen LogP contribution in [0.4, 0.5) is 5.82 Å². The van der Waals surface area contributed by atoms with Crippen LogP contribution in [0.15, 0.2) is 36.9 Å². The van der Waals surface area contributed by atoms with Gasteiger partial charge >= 0.3 is 0 Å². The zero-order valence-corrected chi connectivity index (χ0v) is 19.4. The fourth-order valence-corrected chi connectivity index (χ4v) is 5.13. The first-order valence-electron chi connectivity index (χ1n) is 11.9. The second kappa shape index (κ2) is 9.55. The molecule has 0 spiro atoms. The van der Waals surface area contributed by atoms with Gasteiger partial charge in [-0.05, 0) is 63.0 Å². The van der Waals surface area contributed by atoms with Crippen LogP contribution in [-0.4, -0.2) is 85.8 Å². The van der Waals surface area contributed by atoms with Gasteiger partial charge in [-0.25, -0.2) is 15.0 Å². The van der Waals surface area contributed by atoms with Gasteiger partial charge in [0.05, 0.1) is 24.5 Å². The standard InChI is InChI=1S/C24H31N7O3/c1-29(24(33)16-4-6-17(7-5-16)34-13-12-30-10-2-3-11-30)18-8-9-19(21(18)32)31-15-28-20-22(25)26-14-27-23(20)31/h4-7,14-15,18-19,21,32H,2-3,8-13H2,1H3,(H2,25,26,27)/t18-,19-,21-/m0/s1. The van der Waals surface area contributed by atoms with Gasteiger partial charge in [0.1, 0.15) is 24.2 Å². The van der Waals surface area contributed by atoms with Crippen molar-refractivity contribution in [3.05, 3.63) is 42.5 Å². The lowest BCUT2D eigenvalue weighted by Crippen LogP contribution is -2.43. The first kappa shape index (κ1) is 22.5. The van der Waals surface area contributed by atoms with Gasteiger partial charge in [0.15, 0.2) is 11.5 Å². The number of rotatable bonds is 7.